The van der Waals surface area contributed by atoms with Crippen LogP contribution in [-0.4, -0.2) is 11.2 Å². The second-order valence-corrected chi connectivity index (χ2v) is 6.89. The van der Waals surface area contributed by atoms with Gasteiger partial charge >= 0.3 is 0 Å². The first-order valence-electron chi connectivity index (χ1n) is 7.50. The minimum absolute atomic E-state index is 0.276. The van der Waals surface area contributed by atoms with E-state index in [-0.39, 0.29) is 6.04 Å². The van der Waals surface area contributed by atoms with Gasteiger partial charge in [0.1, 0.15) is 5.76 Å². The first-order chi connectivity index (χ1) is 10.0. The molecule has 0 aliphatic heterocycles. The quantitative estimate of drug-likeness (QED) is 0.900. The van der Waals surface area contributed by atoms with Crippen molar-refractivity contribution in [1.29, 1.82) is 0 Å². The van der Waals surface area contributed by atoms with Gasteiger partial charge in [-0.25, -0.2) is 0 Å². The number of nitrogens with one attached hydrogen (secondary N) is 1. The average molecular weight is 349 g/mol. The van der Waals surface area contributed by atoms with Crippen molar-refractivity contribution in [3.63, 3.8) is 0 Å². The normalized spacial score (nSPS) is 19.3. The highest BCUT2D eigenvalue weighted by Gasteiger charge is 2.23. The predicted octanol–water partition coefficient (Wildman–Crippen LogP) is 4.26. The smallest absolute Gasteiger partial charge is 0.138 e. The molecule has 4 heteroatoms. The van der Waals surface area contributed by atoms with E-state index in [1.54, 1.807) is 0 Å². The second-order valence-electron chi connectivity index (χ2n) is 5.98. The van der Waals surface area contributed by atoms with Crippen LogP contribution in [0.2, 0.25) is 0 Å². The Morgan fingerprint density at radius 2 is 2.14 bits per heavy atom. The fourth-order valence-electron chi connectivity index (χ4n) is 3.41. The molecule has 3 nitrogen and oxygen atoms in total. The summed E-state index contributed by atoms with van der Waals surface area (Å²) in [7, 11) is 0. The molecule has 2 atom stereocenters. The third kappa shape index (κ3) is 3.06. The third-order valence-corrected chi connectivity index (χ3v) is 4.90. The number of aromatic nitrogens is 1. The highest BCUT2D eigenvalue weighted by molar-refractivity contribution is 9.10. The molecule has 1 heterocycles. The van der Waals surface area contributed by atoms with Gasteiger partial charge in [-0.1, -0.05) is 27.2 Å². The summed E-state index contributed by atoms with van der Waals surface area (Å²) in [6.45, 7) is 6.20. The summed E-state index contributed by atoms with van der Waals surface area (Å²) in [5, 5.41) is 7.80. The van der Waals surface area contributed by atoms with Gasteiger partial charge in [0.2, 0.25) is 0 Å². The summed E-state index contributed by atoms with van der Waals surface area (Å²) >= 11 is 3.55. The predicted molar refractivity (Wildman–Crippen MR) is 87.5 cm³/mol. The van der Waals surface area contributed by atoms with Crippen molar-refractivity contribution in [2.75, 3.05) is 0 Å². The Balaban J connectivity index is 1.71. The van der Waals surface area contributed by atoms with E-state index in [0.717, 1.165) is 24.3 Å². The SMILES string of the molecule is Cc1noc(C)c1C(C)NC1CCc2cc(Br)ccc2C1. The molecule has 2 aromatic rings. The zero-order valence-electron chi connectivity index (χ0n) is 12.7. The number of rotatable bonds is 3. The maximum absolute atomic E-state index is 5.28. The zero-order chi connectivity index (χ0) is 15.0. The van der Waals surface area contributed by atoms with Crippen LogP contribution in [0.3, 0.4) is 0 Å². The molecule has 1 N–H and O–H groups in total. The Morgan fingerprint density at radius 3 is 2.86 bits per heavy atom. The monoisotopic (exact) mass is 348 g/mol. The molecule has 1 aliphatic carbocycles. The molecule has 0 saturated carbocycles. The minimum atomic E-state index is 0.276. The molecular weight excluding hydrogens is 328 g/mol. The average Bonchev–Trinajstić information content (AvgIpc) is 2.78. The maximum atomic E-state index is 5.28. The fourth-order valence-corrected chi connectivity index (χ4v) is 3.82. The van der Waals surface area contributed by atoms with Gasteiger partial charge in [-0.05, 0) is 63.3 Å². The van der Waals surface area contributed by atoms with Crippen molar-refractivity contribution in [2.45, 2.75) is 52.1 Å². The summed E-state index contributed by atoms with van der Waals surface area (Å²) in [4.78, 5) is 0. The Labute approximate surface area is 134 Å². The van der Waals surface area contributed by atoms with Crippen LogP contribution in [0.4, 0.5) is 0 Å². The zero-order valence-corrected chi connectivity index (χ0v) is 14.3. The van der Waals surface area contributed by atoms with Crippen molar-refractivity contribution in [3.05, 3.63) is 50.8 Å². The number of hydrogen-bond donors (Lipinski definition) is 1. The largest absolute Gasteiger partial charge is 0.361 e. The van der Waals surface area contributed by atoms with Crippen LogP contribution < -0.4 is 5.32 Å². The standard InChI is InChI=1S/C17H21BrN2O/c1-10(17-11(2)20-21-12(17)3)19-16-7-5-13-8-15(18)6-4-14(13)9-16/h4,6,8,10,16,19H,5,7,9H2,1-3H3. The Morgan fingerprint density at radius 1 is 1.33 bits per heavy atom. The Kier molecular flexibility index (Phi) is 4.18. The van der Waals surface area contributed by atoms with Crippen LogP contribution in [0, 0.1) is 13.8 Å². The topological polar surface area (TPSA) is 38.1 Å². The molecule has 2 unspecified atom stereocenters. The van der Waals surface area contributed by atoms with Crippen LogP contribution in [0.1, 0.15) is 47.5 Å². The number of nitrogens with zero attached hydrogens (tertiary/aromatic N) is 1. The molecule has 0 spiro atoms. The molecule has 0 bridgehead atoms. The van der Waals surface area contributed by atoms with Crippen molar-refractivity contribution in [3.8, 4) is 0 Å². The van der Waals surface area contributed by atoms with E-state index in [0.29, 0.717) is 6.04 Å². The number of hydrogen-bond acceptors (Lipinski definition) is 3. The van der Waals surface area contributed by atoms with E-state index < -0.39 is 0 Å². The second kappa shape index (κ2) is 5.93. The first-order valence-corrected chi connectivity index (χ1v) is 8.30. The van der Waals surface area contributed by atoms with Crippen LogP contribution in [0.5, 0.6) is 0 Å². The highest BCUT2D eigenvalue weighted by Crippen LogP contribution is 2.27. The molecule has 1 aromatic heterocycles. The lowest BCUT2D eigenvalue weighted by molar-refractivity contribution is 0.384. The van der Waals surface area contributed by atoms with E-state index in [1.807, 2.05) is 13.8 Å². The lowest BCUT2D eigenvalue weighted by Gasteiger charge is -2.28. The molecular formula is C17H21BrN2O. The third-order valence-electron chi connectivity index (χ3n) is 4.40. The van der Waals surface area contributed by atoms with Crippen LogP contribution in [-0.2, 0) is 12.8 Å². The fraction of sp³-hybridized carbons (Fsp3) is 0.471. The van der Waals surface area contributed by atoms with Gasteiger partial charge in [0.05, 0.1) is 5.69 Å². The van der Waals surface area contributed by atoms with E-state index in [9.17, 15) is 0 Å². The van der Waals surface area contributed by atoms with Crippen molar-refractivity contribution in [1.82, 2.24) is 10.5 Å². The van der Waals surface area contributed by atoms with E-state index in [4.69, 9.17) is 4.52 Å². The number of halogens is 1. The molecule has 1 aromatic carbocycles. The van der Waals surface area contributed by atoms with Gasteiger partial charge in [-0.15, -0.1) is 0 Å². The molecule has 21 heavy (non-hydrogen) atoms. The highest BCUT2D eigenvalue weighted by atomic mass is 79.9. The summed E-state index contributed by atoms with van der Waals surface area (Å²) in [6, 6.07) is 7.43. The Hall–Kier alpha value is -1.13. The van der Waals surface area contributed by atoms with Gasteiger partial charge in [0, 0.05) is 22.1 Å². The summed E-state index contributed by atoms with van der Waals surface area (Å²) in [5.41, 5.74) is 5.14. The summed E-state index contributed by atoms with van der Waals surface area (Å²) in [5.74, 6) is 0.924. The van der Waals surface area contributed by atoms with E-state index in [2.05, 4.69) is 51.5 Å². The maximum Gasteiger partial charge on any atom is 0.138 e. The summed E-state index contributed by atoms with van der Waals surface area (Å²) in [6.07, 6.45) is 3.41. The minimum Gasteiger partial charge on any atom is -0.361 e. The van der Waals surface area contributed by atoms with Crippen LogP contribution in [0.25, 0.3) is 0 Å². The van der Waals surface area contributed by atoms with Crippen LogP contribution in [0.15, 0.2) is 27.2 Å². The molecule has 0 fully saturated rings. The summed E-state index contributed by atoms with van der Waals surface area (Å²) < 4.78 is 6.46. The first kappa shape index (κ1) is 14.8. The molecule has 0 saturated heterocycles. The van der Waals surface area contributed by atoms with Gasteiger partial charge < -0.3 is 9.84 Å². The Bertz CT molecular complexity index is 631. The van der Waals surface area contributed by atoms with Crippen LogP contribution >= 0.6 is 15.9 Å². The lowest BCUT2D eigenvalue weighted by Crippen LogP contribution is -2.36. The molecule has 3 rings (SSSR count). The van der Waals surface area contributed by atoms with Crippen molar-refractivity contribution < 1.29 is 4.52 Å². The lowest BCUT2D eigenvalue weighted by atomic mass is 9.87. The van der Waals surface area contributed by atoms with Crippen molar-refractivity contribution in [2.24, 2.45) is 0 Å². The van der Waals surface area contributed by atoms with E-state index >= 15 is 0 Å². The van der Waals surface area contributed by atoms with E-state index in [1.165, 1.54) is 27.6 Å². The molecule has 1 aliphatic rings. The van der Waals surface area contributed by atoms with Gasteiger partial charge in [0.25, 0.3) is 0 Å². The number of aryl methyl sites for hydroxylation is 3. The van der Waals surface area contributed by atoms with Gasteiger partial charge in [0.15, 0.2) is 0 Å². The van der Waals surface area contributed by atoms with Gasteiger partial charge in [-0.3, -0.25) is 0 Å². The number of benzene rings is 1. The van der Waals surface area contributed by atoms with Crippen molar-refractivity contribution >= 4 is 15.9 Å². The van der Waals surface area contributed by atoms with Gasteiger partial charge in [-0.2, -0.15) is 0 Å². The number of fused-ring (bicyclic) bond motifs is 1. The molecule has 0 radical (unpaired) electrons. The molecule has 112 valence electrons. The molecule has 0 amide bonds.